The number of hydrogen-bond donors (Lipinski definition) is 1. The van der Waals surface area contributed by atoms with E-state index in [1.54, 1.807) is 13.2 Å². The van der Waals surface area contributed by atoms with E-state index in [0.717, 1.165) is 11.3 Å². The van der Waals surface area contributed by atoms with E-state index >= 15 is 0 Å². The smallest absolute Gasteiger partial charge is 0.180 e. The summed E-state index contributed by atoms with van der Waals surface area (Å²) in [6, 6.07) is 10.2. The molecule has 1 N–H and O–H groups in total. The first-order valence-corrected chi connectivity index (χ1v) is 7.84. The van der Waals surface area contributed by atoms with Crippen molar-refractivity contribution in [3.8, 4) is 11.5 Å². The number of ether oxygens (including phenoxy) is 2. The fourth-order valence-corrected chi connectivity index (χ4v) is 2.57. The molecule has 2 aromatic rings. The van der Waals surface area contributed by atoms with E-state index in [9.17, 15) is 0 Å². The topological polar surface area (TPSA) is 30.5 Å². The van der Waals surface area contributed by atoms with Gasteiger partial charge in [-0.15, -0.1) is 0 Å². The van der Waals surface area contributed by atoms with Gasteiger partial charge in [-0.1, -0.05) is 36.4 Å². The molecule has 0 atom stereocenters. The van der Waals surface area contributed by atoms with E-state index in [4.69, 9.17) is 21.1 Å². The lowest BCUT2D eigenvalue weighted by Crippen LogP contribution is -2.03. The molecule has 0 bridgehead atoms. The fraction of sp³-hybridized carbons (Fsp3) is 0.263. The molecule has 0 aliphatic rings. The molecular formula is C19H22ClNO2. The summed E-state index contributed by atoms with van der Waals surface area (Å²) in [4.78, 5) is 0. The van der Waals surface area contributed by atoms with Crippen molar-refractivity contribution < 1.29 is 9.47 Å². The Labute approximate surface area is 142 Å². The number of aryl methyl sites for hydroxylation is 2. The van der Waals surface area contributed by atoms with E-state index in [2.05, 4.69) is 43.9 Å². The van der Waals surface area contributed by atoms with Crippen LogP contribution in [-0.4, -0.2) is 13.7 Å². The molecule has 0 saturated carbocycles. The van der Waals surface area contributed by atoms with Crippen LogP contribution in [0.5, 0.6) is 11.5 Å². The van der Waals surface area contributed by atoms with Gasteiger partial charge in [-0.25, -0.2) is 0 Å². The Morgan fingerprint density at radius 3 is 2.70 bits per heavy atom. The summed E-state index contributed by atoms with van der Waals surface area (Å²) >= 11 is 6.32. The highest BCUT2D eigenvalue weighted by Gasteiger charge is 2.12. The van der Waals surface area contributed by atoms with Crippen LogP contribution in [0.1, 0.15) is 16.7 Å². The molecule has 0 heterocycles. The van der Waals surface area contributed by atoms with Crippen LogP contribution < -0.4 is 14.8 Å². The number of anilines is 1. The van der Waals surface area contributed by atoms with Gasteiger partial charge in [-0.05, 0) is 48.7 Å². The van der Waals surface area contributed by atoms with Gasteiger partial charge >= 0.3 is 0 Å². The SMILES string of the molecule is C=CCOc1c(Cl)cc(CNc2cc(C)ccc2C)cc1OC. The lowest BCUT2D eigenvalue weighted by molar-refractivity contribution is 0.326. The van der Waals surface area contributed by atoms with Gasteiger partial charge in [-0.2, -0.15) is 0 Å². The molecule has 0 aliphatic carbocycles. The van der Waals surface area contributed by atoms with Gasteiger partial charge < -0.3 is 14.8 Å². The van der Waals surface area contributed by atoms with Crippen LogP contribution in [0.15, 0.2) is 43.0 Å². The Balaban J connectivity index is 2.18. The predicted octanol–water partition coefficient (Wildman–Crippen LogP) is 5.14. The standard InChI is InChI=1S/C19H22ClNO2/c1-5-8-23-19-16(20)10-15(11-18(19)22-4)12-21-17-9-13(2)6-7-14(17)3/h5-7,9-11,21H,1,8,12H2,2-4H3. The Bertz CT molecular complexity index is 698. The number of hydrogen-bond acceptors (Lipinski definition) is 3. The monoisotopic (exact) mass is 331 g/mol. The van der Waals surface area contributed by atoms with Crippen molar-refractivity contribution in [3.05, 3.63) is 64.7 Å². The summed E-state index contributed by atoms with van der Waals surface area (Å²) in [5.74, 6) is 1.17. The molecule has 0 fully saturated rings. The third-order valence-electron chi connectivity index (χ3n) is 3.51. The number of benzene rings is 2. The highest BCUT2D eigenvalue weighted by atomic mass is 35.5. The maximum atomic E-state index is 6.32. The van der Waals surface area contributed by atoms with Gasteiger partial charge in [-0.3, -0.25) is 0 Å². The maximum Gasteiger partial charge on any atom is 0.180 e. The largest absolute Gasteiger partial charge is 0.493 e. The molecule has 0 unspecified atom stereocenters. The maximum absolute atomic E-state index is 6.32. The minimum Gasteiger partial charge on any atom is -0.493 e. The third kappa shape index (κ3) is 4.42. The minimum atomic E-state index is 0.385. The summed E-state index contributed by atoms with van der Waals surface area (Å²) in [5, 5.41) is 3.97. The molecule has 0 aromatic heterocycles. The summed E-state index contributed by atoms with van der Waals surface area (Å²) in [6.07, 6.45) is 1.67. The molecule has 2 aromatic carbocycles. The highest BCUT2D eigenvalue weighted by molar-refractivity contribution is 6.32. The molecule has 0 radical (unpaired) electrons. The second kappa shape index (κ2) is 7.93. The average Bonchev–Trinajstić information content (AvgIpc) is 2.54. The number of halogens is 1. The number of rotatable bonds is 7. The van der Waals surface area contributed by atoms with Crippen molar-refractivity contribution >= 4 is 17.3 Å². The van der Waals surface area contributed by atoms with E-state index in [-0.39, 0.29) is 0 Å². The van der Waals surface area contributed by atoms with Crippen molar-refractivity contribution in [1.29, 1.82) is 0 Å². The zero-order valence-electron chi connectivity index (χ0n) is 13.8. The Hall–Kier alpha value is -2.13. The van der Waals surface area contributed by atoms with Crippen LogP contribution in [0, 0.1) is 13.8 Å². The van der Waals surface area contributed by atoms with Crippen molar-refractivity contribution in [1.82, 2.24) is 0 Å². The van der Waals surface area contributed by atoms with Gasteiger partial charge in [0, 0.05) is 12.2 Å². The van der Waals surface area contributed by atoms with Crippen molar-refractivity contribution in [3.63, 3.8) is 0 Å². The van der Waals surface area contributed by atoms with Crippen molar-refractivity contribution in [2.45, 2.75) is 20.4 Å². The summed E-state index contributed by atoms with van der Waals surface area (Å²) in [5.41, 5.74) is 4.58. The summed E-state index contributed by atoms with van der Waals surface area (Å²) < 4.78 is 11.0. The normalized spacial score (nSPS) is 10.3. The first-order valence-electron chi connectivity index (χ1n) is 7.46. The first kappa shape index (κ1) is 17.2. The molecule has 0 saturated heterocycles. The van der Waals surface area contributed by atoms with Gasteiger partial charge in [0.2, 0.25) is 0 Å². The van der Waals surface area contributed by atoms with Crippen LogP contribution in [-0.2, 0) is 6.54 Å². The Morgan fingerprint density at radius 1 is 1.22 bits per heavy atom. The van der Waals surface area contributed by atoms with Crippen LogP contribution in [0.3, 0.4) is 0 Å². The zero-order chi connectivity index (χ0) is 16.8. The number of nitrogens with one attached hydrogen (secondary N) is 1. The molecule has 3 nitrogen and oxygen atoms in total. The van der Waals surface area contributed by atoms with E-state index in [0.29, 0.717) is 29.7 Å². The third-order valence-corrected chi connectivity index (χ3v) is 3.79. The van der Waals surface area contributed by atoms with Gasteiger partial charge in [0.15, 0.2) is 11.5 Å². The summed E-state index contributed by atoms with van der Waals surface area (Å²) in [6.45, 7) is 8.84. The van der Waals surface area contributed by atoms with E-state index in [1.165, 1.54) is 11.1 Å². The van der Waals surface area contributed by atoms with Crippen LogP contribution in [0.4, 0.5) is 5.69 Å². The fourth-order valence-electron chi connectivity index (χ4n) is 2.28. The van der Waals surface area contributed by atoms with Gasteiger partial charge in [0.1, 0.15) is 6.61 Å². The molecule has 23 heavy (non-hydrogen) atoms. The molecule has 0 spiro atoms. The molecule has 0 aliphatic heterocycles. The number of methoxy groups -OCH3 is 1. The Kier molecular flexibility index (Phi) is 5.94. The first-order chi connectivity index (χ1) is 11.0. The molecule has 0 amide bonds. The molecule has 2 rings (SSSR count). The predicted molar refractivity (Wildman–Crippen MR) is 96.9 cm³/mol. The molecule has 4 heteroatoms. The lowest BCUT2D eigenvalue weighted by atomic mass is 10.1. The highest BCUT2D eigenvalue weighted by Crippen LogP contribution is 2.36. The molecular weight excluding hydrogens is 310 g/mol. The Morgan fingerprint density at radius 2 is 2.00 bits per heavy atom. The van der Waals surface area contributed by atoms with Crippen LogP contribution in [0.25, 0.3) is 0 Å². The van der Waals surface area contributed by atoms with Crippen LogP contribution >= 0.6 is 11.6 Å². The van der Waals surface area contributed by atoms with E-state index < -0.39 is 0 Å². The van der Waals surface area contributed by atoms with Gasteiger partial charge in [0.05, 0.1) is 12.1 Å². The quantitative estimate of drug-likeness (QED) is 0.712. The molecule has 122 valence electrons. The average molecular weight is 332 g/mol. The van der Waals surface area contributed by atoms with Crippen LogP contribution in [0.2, 0.25) is 5.02 Å². The summed E-state index contributed by atoms with van der Waals surface area (Å²) in [7, 11) is 1.61. The van der Waals surface area contributed by atoms with E-state index in [1.807, 2.05) is 12.1 Å². The minimum absolute atomic E-state index is 0.385. The zero-order valence-corrected chi connectivity index (χ0v) is 14.5. The van der Waals surface area contributed by atoms with Crippen molar-refractivity contribution in [2.24, 2.45) is 0 Å². The van der Waals surface area contributed by atoms with Crippen molar-refractivity contribution in [2.75, 3.05) is 19.0 Å². The second-order valence-electron chi connectivity index (χ2n) is 5.38. The lowest BCUT2D eigenvalue weighted by Gasteiger charge is -2.15. The van der Waals surface area contributed by atoms with Gasteiger partial charge in [0.25, 0.3) is 0 Å². The second-order valence-corrected chi connectivity index (χ2v) is 5.79.